The fourth-order valence-corrected chi connectivity index (χ4v) is 5.00. The van der Waals surface area contributed by atoms with Crippen LogP contribution in [0.3, 0.4) is 0 Å². The van der Waals surface area contributed by atoms with Crippen LogP contribution < -0.4 is 9.47 Å². The van der Waals surface area contributed by atoms with Crippen LogP contribution in [0.1, 0.15) is 19.8 Å². The summed E-state index contributed by atoms with van der Waals surface area (Å²) in [6, 6.07) is 19.3. The zero-order chi connectivity index (χ0) is 25.6. The topological polar surface area (TPSA) is 48.8 Å². The second-order valence-corrected chi connectivity index (χ2v) is 10.0. The molecule has 5 rings (SSSR count). The molecular formula is C29H31Cl2N3O3. The number of morpholine rings is 1. The lowest BCUT2D eigenvalue weighted by atomic mass is 10.2. The second-order valence-electron chi connectivity index (χ2n) is 9.13. The molecule has 0 saturated carbocycles. The number of ether oxygens (including phenoxy) is 3. The molecule has 1 saturated heterocycles. The van der Waals surface area contributed by atoms with E-state index in [0.717, 1.165) is 80.4 Å². The lowest BCUT2D eigenvalue weighted by Gasteiger charge is -2.26. The van der Waals surface area contributed by atoms with Crippen LogP contribution >= 0.6 is 23.2 Å². The van der Waals surface area contributed by atoms with Crippen molar-refractivity contribution in [1.82, 2.24) is 14.5 Å². The van der Waals surface area contributed by atoms with Gasteiger partial charge in [0.05, 0.1) is 24.2 Å². The zero-order valence-corrected chi connectivity index (χ0v) is 22.5. The molecule has 0 amide bonds. The van der Waals surface area contributed by atoms with E-state index in [9.17, 15) is 0 Å². The normalized spacial score (nSPS) is 14.2. The summed E-state index contributed by atoms with van der Waals surface area (Å²) in [7, 11) is 0. The second kappa shape index (κ2) is 12.2. The Kier molecular flexibility index (Phi) is 8.52. The van der Waals surface area contributed by atoms with Crippen LogP contribution in [0.2, 0.25) is 10.0 Å². The van der Waals surface area contributed by atoms with Crippen molar-refractivity contribution < 1.29 is 14.2 Å². The summed E-state index contributed by atoms with van der Waals surface area (Å²) in [6.45, 7) is 8.12. The first-order chi connectivity index (χ1) is 18.1. The average molecular weight is 540 g/mol. The third-order valence-electron chi connectivity index (χ3n) is 6.40. The standard InChI is InChI=1S/C29H31Cl2N3O3/c1-2-3-9-34-28-20-24(36-15-12-33-10-13-35-14-11-33)7-8-27(28)32-29(34)21-5-4-6-25(16-21)37-26-18-22(30)17-23(31)19-26/h4-8,16-20H,2-3,9-15H2,1H3. The van der Waals surface area contributed by atoms with Crippen molar-refractivity contribution in [3.63, 3.8) is 0 Å². The predicted molar refractivity (Wildman–Crippen MR) is 149 cm³/mol. The number of hydrogen-bond donors (Lipinski definition) is 0. The first-order valence-electron chi connectivity index (χ1n) is 12.8. The number of imidazole rings is 1. The van der Waals surface area contributed by atoms with Gasteiger partial charge in [0.15, 0.2) is 0 Å². The van der Waals surface area contributed by atoms with Crippen molar-refractivity contribution in [2.24, 2.45) is 0 Å². The van der Waals surface area contributed by atoms with E-state index in [1.165, 1.54) is 0 Å². The van der Waals surface area contributed by atoms with Crippen molar-refractivity contribution >= 4 is 34.2 Å². The molecule has 4 aromatic rings. The molecule has 0 aliphatic carbocycles. The van der Waals surface area contributed by atoms with Gasteiger partial charge in [-0.05, 0) is 48.9 Å². The Labute approximate surface area is 227 Å². The number of aryl methyl sites for hydroxylation is 1. The molecule has 37 heavy (non-hydrogen) atoms. The molecule has 0 bridgehead atoms. The monoisotopic (exact) mass is 539 g/mol. The summed E-state index contributed by atoms with van der Waals surface area (Å²) in [5.74, 6) is 3.05. The van der Waals surface area contributed by atoms with E-state index in [-0.39, 0.29) is 0 Å². The highest BCUT2D eigenvalue weighted by Crippen LogP contribution is 2.33. The summed E-state index contributed by atoms with van der Waals surface area (Å²) in [5, 5.41) is 1.06. The number of fused-ring (bicyclic) bond motifs is 1. The average Bonchev–Trinajstić information content (AvgIpc) is 3.25. The highest BCUT2D eigenvalue weighted by atomic mass is 35.5. The van der Waals surface area contributed by atoms with Gasteiger partial charge in [-0.1, -0.05) is 48.7 Å². The number of hydrogen-bond acceptors (Lipinski definition) is 5. The van der Waals surface area contributed by atoms with Crippen molar-refractivity contribution in [2.45, 2.75) is 26.3 Å². The summed E-state index contributed by atoms with van der Waals surface area (Å²) < 4.78 is 19.9. The van der Waals surface area contributed by atoms with Crippen molar-refractivity contribution in [3.8, 4) is 28.6 Å². The summed E-state index contributed by atoms with van der Waals surface area (Å²) in [4.78, 5) is 7.37. The number of halogens is 2. The Balaban J connectivity index is 1.39. The largest absolute Gasteiger partial charge is 0.492 e. The molecule has 194 valence electrons. The lowest BCUT2D eigenvalue weighted by Crippen LogP contribution is -2.38. The Morgan fingerprint density at radius 1 is 0.892 bits per heavy atom. The number of unbranched alkanes of at least 4 members (excludes halogenated alkanes) is 1. The van der Waals surface area contributed by atoms with Crippen LogP contribution in [0.4, 0.5) is 0 Å². The smallest absolute Gasteiger partial charge is 0.141 e. The number of benzene rings is 3. The minimum Gasteiger partial charge on any atom is -0.492 e. The Hall–Kier alpha value is -2.77. The van der Waals surface area contributed by atoms with Gasteiger partial charge in [0.1, 0.15) is 29.7 Å². The number of aromatic nitrogens is 2. The van der Waals surface area contributed by atoms with E-state index >= 15 is 0 Å². The Bertz CT molecular complexity index is 1330. The molecule has 1 aliphatic heterocycles. The van der Waals surface area contributed by atoms with Gasteiger partial charge in [0.2, 0.25) is 0 Å². The first-order valence-corrected chi connectivity index (χ1v) is 13.5. The van der Waals surface area contributed by atoms with Gasteiger partial charge in [0, 0.05) is 47.9 Å². The van der Waals surface area contributed by atoms with Crippen LogP contribution in [0, 0.1) is 0 Å². The molecule has 0 unspecified atom stereocenters. The summed E-state index contributed by atoms with van der Waals surface area (Å²) in [6.07, 6.45) is 2.14. The highest BCUT2D eigenvalue weighted by Gasteiger charge is 2.15. The molecule has 6 nitrogen and oxygen atoms in total. The van der Waals surface area contributed by atoms with E-state index < -0.39 is 0 Å². The molecule has 1 fully saturated rings. The Morgan fingerprint density at radius 3 is 2.49 bits per heavy atom. The maximum Gasteiger partial charge on any atom is 0.141 e. The van der Waals surface area contributed by atoms with E-state index in [2.05, 4.69) is 28.5 Å². The van der Waals surface area contributed by atoms with Crippen LogP contribution in [-0.4, -0.2) is 53.9 Å². The van der Waals surface area contributed by atoms with Crippen LogP contribution in [0.5, 0.6) is 17.2 Å². The van der Waals surface area contributed by atoms with Crippen molar-refractivity contribution in [2.75, 3.05) is 39.5 Å². The van der Waals surface area contributed by atoms with Crippen molar-refractivity contribution in [3.05, 3.63) is 70.7 Å². The van der Waals surface area contributed by atoms with E-state index in [1.807, 2.05) is 30.3 Å². The van der Waals surface area contributed by atoms with Gasteiger partial charge in [-0.15, -0.1) is 0 Å². The highest BCUT2D eigenvalue weighted by molar-refractivity contribution is 6.34. The molecule has 3 aromatic carbocycles. The van der Waals surface area contributed by atoms with Gasteiger partial charge in [0.25, 0.3) is 0 Å². The number of rotatable bonds is 10. The van der Waals surface area contributed by atoms with Gasteiger partial charge >= 0.3 is 0 Å². The Morgan fingerprint density at radius 2 is 1.70 bits per heavy atom. The summed E-state index contributed by atoms with van der Waals surface area (Å²) in [5.41, 5.74) is 2.99. The molecule has 2 heterocycles. The number of nitrogens with zero attached hydrogens (tertiary/aromatic N) is 3. The minimum absolute atomic E-state index is 0.531. The maximum absolute atomic E-state index is 6.15. The third-order valence-corrected chi connectivity index (χ3v) is 6.84. The van der Waals surface area contributed by atoms with Gasteiger partial charge < -0.3 is 18.8 Å². The fourth-order valence-electron chi connectivity index (χ4n) is 4.49. The van der Waals surface area contributed by atoms with Crippen molar-refractivity contribution in [1.29, 1.82) is 0 Å². The molecule has 1 aromatic heterocycles. The molecule has 0 N–H and O–H groups in total. The lowest BCUT2D eigenvalue weighted by molar-refractivity contribution is 0.0322. The maximum atomic E-state index is 6.15. The molecular weight excluding hydrogens is 509 g/mol. The van der Waals surface area contributed by atoms with Crippen LogP contribution in [0.25, 0.3) is 22.4 Å². The quantitative estimate of drug-likeness (QED) is 0.211. The van der Waals surface area contributed by atoms with Crippen LogP contribution in [-0.2, 0) is 11.3 Å². The molecule has 0 atom stereocenters. The molecule has 0 spiro atoms. The third kappa shape index (κ3) is 6.57. The zero-order valence-electron chi connectivity index (χ0n) is 21.0. The van der Waals surface area contributed by atoms with Crippen LogP contribution in [0.15, 0.2) is 60.7 Å². The molecule has 0 radical (unpaired) electrons. The fraction of sp³-hybridized carbons (Fsp3) is 0.345. The van der Waals surface area contributed by atoms with E-state index in [0.29, 0.717) is 28.2 Å². The van der Waals surface area contributed by atoms with Gasteiger partial charge in [-0.25, -0.2) is 4.98 Å². The summed E-state index contributed by atoms with van der Waals surface area (Å²) >= 11 is 12.3. The van der Waals surface area contributed by atoms with E-state index in [4.69, 9.17) is 42.4 Å². The van der Waals surface area contributed by atoms with Gasteiger partial charge in [-0.3, -0.25) is 4.90 Å². The molecule has 1 aliphatic rings. The molecule has 8 heteroatoms. The first kappa shape index (κ1) is 25.9. The predicted octanol–water partition coefficient (Wildman–Crippen LogP) is 7.31. The van der Waals surface area contributed by atoms with E-state index in [1.54, 1.807) is 18.2 Å². The van der Waals surface area contributed by atoms with Gasteiger partial charge in [-0.2, -0.15) is 0 Å². The minimum atomic E-state index is 0.531. The SMILES string of the molecule is CCCCn1c(-c2cccc(Oc3cc(Cl)cc(Cl)c3)c2)nc2ccc(OCCN3CCOCC3)cc21.